The largest absolute Gasteiger partial charge is 0.388 e. The quantitative estimate of drug-likeness (QED) is 0.876. The molecule has 3 N–H and O–H groups in total. The van der Waals surface area contributed by atoms with E-state index in [2.05, 4.69) is 39.0 Å². The zero-order valence-electron chi connectivity index (χ0n) is 13.2. The molecule has 1 saturated carbocycles. The molecular weight excluding hydrogens is 246 g/mol. The maximum absolute atomic E-state index is 11.0. The molecule has 1 aliphatic rings. The van der Waals surface area contributed by atoms with E-state index in [-0.39, 0.29) is 5.41 Å². The number of nitrogens with two attached hydrogens (primary N) is 1. The summed E-state index contributed by atoms with van der Waals surface area (Å²) in [7, 11) is 0. The van der Waals surface area contributed by atoms with Crippen molar-refractivity contribution in [1.29, 1.82) is 0 Å². The third-order valence-corrected chi connectivity index (χ3v) is 5.28. The number of hydrogen-bond donors (Lipinski definition) is 2. The molecule has 1 aliphatic carbocycles. The van der Waals surface area contributed by atoms with Gasteiger partial charge < -0.3 is 10.8 Å². The van der Waals surface area contributed by atoms with E-state index in [9.17, 15) is 5.11 Å². The van der Waals surface area contributed by atoms with Gasteiger partial charge in [-0.3, -0.25) is 0 Å². The van der Waals surface area contributed by atoms with Crippen LogP contribution in [0.3, 0.4) is 0 Å². The Morgan fingerprint density at radius 1 is 1.40 bits per heavy atom. The summed E-state index contributed by atoms with van der Waals surface area (Å²) in [6.45, 7) is 7.00. The van der Waals surface area contributed by atoms with Crippen LogP contribution in [0.25, 0.3) is 0 Å². The van der Waals surface area contributed by atoms with Crippen LogP contribution in [0.5, 0.6) is 0 Å². The number of rotatable bonds is 4. The van der Waals surface area contributed by atoms with Gasteiger partial charge in [0.2, 0.25) is 0 Å². The lowest BCUT2D eigenvalue weighted by atomic mass is 9.64. The maximum Gasteiger partial charge on any atom is 0.0861 e. The first-order valence-corrected chi connectivity index (χ1v) is 7.97. The summed E-state index contributed by atoms with van der Waals surface area (Å²) in [5.74, 6) is 0.715. The number of hydrogen-bond acceptors (Lipinski definition) is 2. The van der Waals surface area contributed by atoms with E-state index in [1.807, 2.05) is 0 Å². The van der Waals surface area contributed by atoms with E-state index in [1.165, 1.54) is 30.4 Å². The topological polar surface area (TPSA) is 46.2 Å². The molecule has 0 saturated heterocycles. The van der Waals surface area contributed by atoms with Gasteiger partial charge in [-0.15, -0.1) is 0 Å². The summed E-state index contributed by atoms with van der Waals surface area (Å²) in [5.41, 5.74) is 9.45. The Morgan fingerprint density at radius 2 is 2.15 bits per heavy atom. The van der Waals surface area contributed by atoms with Gasteiger partial charge in [-0.05, 0) is 43.7 Å². The molecule has 0 radical (unpaired) electrons. The van der Waals surface area contributed by atoms with Crippen LogP contribution in [0.4, 0.5) is 0 Å². The molecule has 0 spiro atoms. The van der Waals surface area contributed by atoms with Gasteiger partial charge in [-0.25, -0.2) is 0 Å². The summed E-state index contributed by atoms with van der Waals surface area (Å²) in [6, 6.07) is 6.35. The Hall–Kier alpha value is -0.860. The van der Waals surface area contributed by atoms with E-state index in [0.29, 0.717) is 12.5 Å². The minimum absolute atomic E-state index is 0.127. The van der Waals surface area contributed by atoms with Crippen LogP contribution in [0.2, 0.25) is 0 Å². The predicted octanol–water partition coefficient (Wildman–Crippen LogP) is 3.88. The highest BCUT2D eigenvalue weighted by molar-refractivity contribution is 5.33. The van der Waals surface area contributed by atoms with Crippen molar-refractivity contribution in [3.8, 4) is 0 Å². The third-order valence-electron chi connectivity index (χ3n) is 5.28. The molecule has 0 amide bonds. The molecular formula is C18H29NO. The van der Waals surface area contributed by atoms with Crippen LogP contribution in [0.15, 0.2) is 18.2 Å². The smallest absolute Gasteiger partial charge is 0.0861 e. The van der Waals surface area contributed by atoms with Crippen molar-refractivity contribution >= 4 is 0 Å². The molecule has 0 bridgehead atoms. The molecule has 1 aromatic carbocycles. The normalized spacial score (nSPS) is 28.4. The Morgan fingerprint density at radius 3 is 2.80 bits per heavy atom. The van der Waals surface area contributed by atoms with Crippen molar-refractivity contribution in [2.45, 2.75) is 59.0 Å². The summed E-state index contributed by atoms with van der Waals surface area (Å²) >= 11 is 0. The van der Waals surface area contributed by atoms with Crippen molar-refractivity contribution in [2.75, 3.05) is 6.54 Å². The Balaban J connectivity index is 2.32. The second kappa shape index (κ2) is 6.28. The molecule has 2 heteroatoms. The summed E-state index contributed by atoms with van der Waals surface area (Å²) in [4.78, 5) is 0. The molecule has 3 atom stereocenters. The van der Waals surface area contributed by atoms with Gasteiger partial charge >= 0.3 is 0 Å². The van der Waals surface area contributed by atoms with Crippen molar-refractivity contribution in [3.63, 3.8) is 0 Å². The first-order chi connectivity index (χ1) is 9.52. The minimum Gasteiger partial charge on any atom is -0.388 e. The van der Waals surface area contributed by atoms with Crippen molar-refractivity contribution < 1.29 is 5.11 Å². The fraction of sp³-hybridized carbons (Fsp3) is 0.667. The van der Waals surface area contributed by atoms with E-state index >= 15 is 0 Å². The molecule has 20 heavy (non-hydrogen) atoms. The van der Waals surface area contributed by atoms with Gasteiger partial charge in [0.05, 0.1) is 6.10 Å². The first kappa shape index (κ1) is 15.5. The molecule has 0 aliphatic heterocycles. The maximum atomic E-state index is 11.0. The van der Waals surface area contributed by atoms with Gasteiger partial charge in [0, 0.05) is 12.0 Å². The van der Waals surface area contributed by atoms with Crippen molar-refractivity contribution in [1.82, 2.24) is 0 Å². The fourth-order valence-corrected chi connectivity index (χ4v) is 3.80. The van der Waals surface area contributed by atoms with Gasteiger partial charge in [0.1, 0.15) is 0 Å². The van der Waals surface area contributed by atoms with Crippen molar-refractivity contribution in [3.05, 3.63) is 34.9 Å². The van der Waals surface area contributed by atoms with E-state index in [1.54, 1.807) is 0 Å². The van der Waals surface area contributed by atoms with Crippen LogP contribution in [-0.2, 0) is 0 Å². The average molecular weight is 275 g/mol. The molecule has 112 valence electrons. The standard InChI is InChI=1S/C18H29NO/c1-4-15-6-5-9-18(11-15,12-19)17(20)16-10-13(2)7-8-14(16)3/h7-8,10,15,17,20H,4-6,9,11-12,19H2,1-3H3. The molecule has 1 fully saturated rings. The van der Waals surface area contributed by atoms with Crippen LogP contribution in [-0.4, -0.2) is 11.7 Å². The lowest BCUT2D eigenvalue weighted by molar-refractivity contribution is -0.0165. The summed E-state index contributed by atoms with van der Waals surface area (Å²) in [6.07, 6.45) is 5.36. The first-order valence-electron chi connectivity index (χ1n) is 7.97. The lowest BCUT2D eigenvalue weighted by Gasteiger charge is -2.44. The van der Waals surface area contributed by atoms with Gasteiger partial charge in [-0.1, -0.05) is 49.9 Å². The van der Waals surface area contributed by atoms with Crippen LogP contribution in [0.1, 0.15) is 61.8 Å². The van der Waals surface area contributed by atoms with E-state index in [0.717, 1.165) is 18.4 Å². The number of aliphatic hydroxyl groups excluding tert-OH is 1. The SMILES string of the molecule is CCC1CCCC(CN)(C(O)c2cc(C)ccc2C)C1. The Kier molecular flexibility index (Phi) is 4.87. The van der Waals surface area contributed by atoms with Gasteiger partial charge in [-0.2, -0.15) is 0 Å². The highest BCUT2D eigenvalue weighted by Gasteiger charge is 2.41. The second-order valence-corrected chi connectivity index (χ2v) is 6.70. The van der Waals surface area contributed by atoms with Crippen LogP contribution in [0, 0.1) is 25.2 Å². The average Bonchev–Trinajstić information content (AvgIpc) is 2.48. The minimum atomic E-state index is -0.429. The van der Waals surface area contributed by atoms with Gasteiger partial charge in [0.25, 0.3) is 0 Å². The Bertz CT molecular complexity index is 457. The van der Waals surface area contributed by atoms with Crippen LogP contribution >= 0.6 is 0 Å². The van der Waals surface area contributed by atoms with Crippen LogP contribution < -0.4 is 5.73 Å². The third kappa shape index (κ3) is 2.91. The van der Waals surface area contributed by atoms with E-state index < -0.39 is 6.10 Å². The fourth-order valence-electron chi connectivity index (χ4n) is 3.80. The van der Waals surface area contributed by atoms with E-state index in [4.69, 9.17) is 5.73 Å². The second-order valence-electron chi connectivity index (χ2n) is 6.70. The molecule has 0 heterocycles. The highest BCUT2D eigenvalue weighted by Crippen LogP contribution is 2.48. The highest BCUT2D eigenvalue weighted by atomic mass is 16.3. The predicted molar refractivity (Wildman–Crippen MR) is 84.6 cm³/mol. The molecule has 2 nitrogen and oxygen atoms in total. The Labute approximate surface area is 123 Å². The lowest BCUT2D eigenvalue weighted by Crippen LogP contribution is -2.41. The molecule has 3 unspecified atom stereocenters. The summed E-state index contributed by atoms with van der Waals surface area (Å²) < 4.78 is 0. The summed E-state index contributed by atoms with van der Waals surface area (Å²) in [5, 5.41) is 11.0. The zero-order chi connectivity index (χ0) is 14.8. The molecule has 2 rings (SSSR count). The molecule has 1 aromatic rings. The van der Waals surface area contributed by atoms with Gasteiger partial charge in [0.15, 0.2) is 0 Å². The number of aliphatic hydroxyl groups is 1. The van der Waals surface area contributed by atoms with Crippen molar-refractivity contribution in [2.24, 2.45) is 17.1 Å². The number of benzene rings is 1. The number of aryl methyl sites for hydroxylation is 2. The zero-order valence-corrected chi connectivity index (χ0v) is 13.2. The monoisotopic (exact) mass is 275 g/mol. The molecule has 0 aromatic heterocycles.